The molecule has 1 aliphatic rings. The van der Waals surface area contributed by atoms with Gasteiger partial charge in [0, 0.05) is 12.0 Å². The first kappa shape index (κ1) is 16.3. The molecule has 0 aliphatic heterocycles. The van der Waals surface area contributed by atoms with Crippen molar-refractivity contribution in [2.24, 2.45) is 17.1 Å². The summed E-state index contributed by atoms with van der Waals surface area (Å²) in [6.45, 7) is 5.60. The van der Waals surface area contributed by atoms with Crippen LogP contribution in [-0.2, 0) is 0 Å². The summed E-state index contributed by atoms with van der Waals surface area (Å²) in [7, 11) is 0. The Bertz CT molecular complexity index is 431. The lowest BCUT2D eigenvalue weighted by molar-refractivity contribution is 0.0301. The molecule has 21 heavy (non-hydrogen) atoms. The predicted octanol–water partition coefficient (Wildman–Crippen LogP) is 3.66. The maximum atomic E-state index is 10.8. The Balaban J connectivity index is 2.09. The molecule has 0 heterocycles. The van der Waals surface area contributed by atoms with Crippen LogP contribution in [0.2, 0.25) is 0 Å². The van der Waals surface area contributed by atoms with Crippen molar-refractivity contribution in [3.8, 4) is 5.75 Å². The van der Waals surface area contributed by atoms with Crippen LogP contribution in [-0.4, -0.2) is 18.3 Å². The highest BCUT2D eigenvalue weighted by Gasteiger charge is 2.43. The van der Waals surface area contributed by atoms with Crippen molar-refractivity contribution in [3.05, 3.63) is 29.8 Å². The smallest absolute Gasteiger partial charge is 0.119 e. The summed E-state index contributed by atoms with van der Waals surface area (Å²) in [5.74, 6) is 1.57. The van der Waals surface area contributed by atoms with Crippen LogP contribution in [0.25, 0.3) is 0 Å². The van der Waals surface area contributed by atoms with E-state index in [1.807, 2.05) is 24.3 Å². The average molecular weight is 291 g/mol. The second kappa shape index (κ2) is 7.28. The van der Waals surface area contributed by atoms with Crippen LogP contribution in [0.4, 0.5) is 0 Å². The van der Waals surface area contributed by atoms with Crippen molar-refractivity contribution in [2.75, 3.05) is 13.2 Å². The van der Waals surface area contributed by atoms with Crippen molar-refractivity contribution >= 4 is 0 Å². The van der Waals surface area contributed by atoms with Gasteiger partial charge in [-0.25, -0.2) is 0 Å². The molecule has 0 bridgehead atoms. The molecule has 3 N–H and O–H groups in total. The third-order valence-electron chi connectivity index (χ3n) is 4.98. The van der Waals surface area contributed by atoms with Gasteiger partial charge >= 0.3 is 0 Å². The molecule has 0 aromatic heterocycles. The first-order valence-electron chi connectivity index (χ1n) is 8.26. The zero-order valence-corrected chi connectivity index (χ0v) is 13.3. The van der Waals surface area contributed by atoms with Gasteiger partial charge in [-0.1, -0.05) is 32.4 Å². The molecule has 2 rings (SSSR count). The van der Waals surface area contributed by atoms with Crippen molar-refractivity contribution in [3.63, 3.8) is 0 Å². The molecular weight excluding hydrogens is 262 g/mol. The number of rotatable bonds is 7. The Hall–Kier alpha value is -1.06. The number of aliphatic hydroxyl groups excluding tert-OH is 1. The van der Waals surface area contributed by atoms with Gasteiger partial charge in [0.1, 0.15) is 5.75 Å². The van der Waals surface area contributed by atoms with E-state index in [-0.39, 0.29) is 5.41 Å². The Morgan fingerprint density at radius 2 is 2.05 bits per heavy atom. The molecule has 118 valence electrons. The number of nitrogens with two attached hydrogens (primary N) is 1. The van der Waals surface area contributed by atoms with E-state index in [0.29, 0.717) is 12.5 Å². The number of hydrogen-bond acceptors (Lipinski definition) is 3. The minimum Gasteiger partial charge on any atom is -0.494 e. The zero-order chi connectivity index (χ0) is 15.3. The number of hydrogen-bond donors (Lipinski definition) is 2. The van der Waals surface area contributed by atoms with Gasteiger partial charge in [-0.3, -0.25) is 0 Å². The van der Waals surface area contributed by atoms with Gasteiger partial charge in [0.25, 0.3) is 0 Å². The summed E-state index contributed by atoms with van der Waals surface area (Å²) in [5, 5.41) is 10.8. The van der Waals surface area contributed by atoms with Crippen LogP contribution >= 0.6 is 0 Å². The van der Waals surface area contributed by atoms with Gasteiger partial charge < -0.3 is 15.6 Å². The molecule has 1 aliphatic carbocycles. The average Bonchev–Trinajstić information content (AvgIpc) is 2.97. The first-order valence-corrected chi connectivity index (χ1v) is 8.26. The summed E-state index contributed by atoms with van der Waals surface area (Å²) in [5.41, 5.74) is 6.85. The van der Waals surface area contributed by atoms with Crippen LogP contribution in [0.15, 0.2) is 24.3 Å². The van der Waals surface area contributed by atoms with Crippen LogP contribution < -0.4 is 10.5 Å². The molecule has 1 fully saturated rings. The fraction of sp³-hybridized carbons (Fsp3) is 0.667. The van der Waals surface area contributed by atoms with E-state index < -0.39 is 6.10 Å². The second-order valence-electron chi connectivity index (χ2n) is 6.40. The van der Waals surface area contributed by atoms with E-state index in [1.165, 1.54) is 12.8 Å². The van der Waals surface area contributed by atoms with Crippen LogP contribution in [0.1, 0.15) is 57.6 Å². The van der Waals surface area contributed by atoms with Crippen LogP contribution in [0, 0.1) is 11.3 Å². The van der Waals surface area contributed by atoms with Gasteiger partial charge in [0.2, 0.25) is 0 Å². The minimum atomic E-state index is -0.473. The number of aliphatic hydroxyl groups is 1. The molecule has 3 nitrogen and oxygen atoms in total. The summed E-state index contributed by atoms with van der Waals surface area (Å²) in [6, 6.07) is 7.86. The highest BCUT2D eigenvalue weighted by molar-refractivity contribution is 5.30. The number of benzene rings is 1. The summed E-state index contributed by atoms with van der Waals surface area (Å²) >= 11 is 0. The van der Waals surface area contributed by atoms with Gasteiger partial charge in [-0.05, 0) is 49.3 Å². The lowest BCUT2D eigenvalue weighted by atomic mass is 9.76. The fourth-order valence-corrected chi connectivity index (χ4v) is 3.48. The maximum absolute atomic E-state index is 10.8. The quantitative estimate of drug-likeness (QED) is 0.806. The Morgan fingerprint density at radius 3 is 2.57 bits per heavy atom. The first-order chi connectivity index (χ1) is 10.1. The maximum Gasteiger partial charge on any atom is 0.119 e. The lowest BCUT2D eigenvalue weighted by Crippen LogP contribution is -2.34. The van der Waals surface area contributed by atoms with E-state index >= 15 is 0 Å². The zero-order valence-electron chi connectivity index (χ0n) is 13.3. The SMILES string of the molecule is CCCOc1ccc(C(O)C2(CN)CCC(CC)C2)cc1. The largest absolute Gasteiger partial charge is 0.494 e. The van der Waals surface area contributed by atoms with Gasteiger partial charge in [0.15, 0.2) is 0 Å². The molecule has 0 amide bonds. The lowest BCUT2D eigenvalue weighted by Gasteiger charge is -2.34. The van der Waals surface area contributed by atoms with E-state index in [4.69, 9.17) is 10.5 Å². The van der Waals surface area contributed by atoms with Crippen molar-refractivity contribution in [1.82, 2.24) is 0 Å². The molecule has 3 atom stereocenters. The normalized spacial score (nSPS) is 26.8. The second-order valence-corrected chi connectivity index (χ2v) is 6.40. The summed E-state index contributed by atoms with van der Waals surface area (Å²) in [4.78, 5) is 0. The van der Waals surface area contributed by atoms with E-state index in [1.54, 1.807) is 0 Å². The standard InChI is InChI=1S/C18H29NO2/c1-3-11-21-16-7-5-15(6-8-16)17(20)18(13-19)10-9-14(4-2)12-18/h5-8,14,17,20H,3-4,9-13,19H2,1-2H3. The fourth-order valence-electron chi connectivity index (χ4n) is 3.48. The molecule has 1 saturated carbocycles. The third kappa shape index (κ3) is 3.58. The Kier molecular flexibility index (Phi) is 5.65. The Morgan fingerprint density at radius 1 is 1.33 bits per heavy atom. The monoisotopic (exact) mass is 291 g/mol. The van der Waals surface area contributed by atoms with Gasteiger partial charge in [-0.2, -0.15) is 0 Å². The van der Waals surface area contributed by atoms with Gasteiger partial charge in [-0.15, -0.1) is 0 Å². The molecule has 0 saturated heterocycles. The molecule has 1 aromatic carbocycles. The number of ether oxygens (including phenoxy) is 1. The predicted molar refractivity (Wildman–Crippen MR) is 86.3 cm³/mol. The highest BCUT2D eigenvalue weighted by atomic mass is 16.5. The molecule has 0 spiro atoms. The molecule has 3 unspecified atom stereocenters. The molecule has 3 heteroatoms. The van der Waals surface area contributed by atoms with Gasteiger partial charge in [0.05, 0.1) is 12.7 Å². The van der Waals surface area contributed by atoms with Crippen LogP contribution in [0.5, 0.6) is 5.75 Å². The third-order valence-corrected chi connectivity index (χ3v) is 4.98. The summed E-state index contributed by atoms with van der Waals surface area (Å²) in [6.07, 6.45) is 4.95. The minimum absolute atomic E-state index is 0.146. The van der Waals surface area contributed by atoms with E-state index in [9.17, 15) is 5.11 Å². The van der Waals surface area contributed by atoms with Crippen molar-refractivity contribution < 1.29 is 9.84 Å². The molecule has 0 radical (unpaired) electrons. The van der Waals surface area contributed by atoms with E-state index in [2.05, 4.69) is 13.8 Å². The Labute approximate surface area is 128 Å². The molecular formula is C18H29NO2. The summed E-state index contributed by atoms with van der Waals surface area (Å²) < 4.78 is 5.59. The topological polar surface area (TPSA) is 55.5 Å². The van der Waals surface area contributed by atoms with E-state index in [0.717, 1.165) is 37.2 Å². The van der Waals surface area contributed by atoms with Crippen molar-refractivity contribution in [1.29, 1.82) is 0 Å². The highest BCUT2D eigenvalue weighted by Crippen LogP contribution is 2.50. The van der Waals surface area contributed by atoms with Crippen LogP contribution in [0.3, 0.4) is 0 Å². The molecule has 1 aromatic rings. The van der Waals surface area contributed by atoms with Crippen molar-refractivity contribution in [2.45, 2.75) is 52.1 Å².